The van der Waals surface area contributed by atoms with Crippen LogP contribution in [0, 0.1) is 15.5 Å². The third-order valence-corrected chi connectivity index (χ3v) is 5.67. The summed E-state index contributed by atoms with van der Waals surface area (Å²) < 4.78 is 1.60. The molecule has 4 rings (SSSR count). The molecule has 0 saturated carbocycles. The average Bonchev–Trinajstić information content (AvgIpc) is 3.07. The Bertz CT molecular complexity index is 750. The SMILES string of the molecule is O=[N+]([O-])c1c(N2CCC[C@@]3(CC=CCC3)C2)nc2sccn12. The van der Waals surface area contributed by atoms with Crippen molar-refractivity contribution < 1.29 is 4.92 Å². The second-order valence-electron chi connectivity index (χ2n) is 6.31. The molecular weight excluding hydrogens is 300 g/mol. The molecular formula is C15H18N4O2S. The predicted octanol–water partition coefficient (Wildman–Crippen LogP) is 3.63. The summed E-state index contributed by atoms with van der Waals surface area (Å²) in [7, 11) is 0. The molecule has 1 aliphatic heterocycles. The first-order valence-electron chi connectivity index (χ1n) is 7.68. The smallest absolute Gasteiger partial charge is 0.358 e. The zero-order valence-electron chi connectivity index (χ0n) is 12.3. The molecule has 1 spiro atoms. The van der Waals surface area contributed by atoms with E-state index in [0.29, 0.717) is 10.8 Å². The van der Waals surface area contributed by atoms with Gasteiger partial charge in [-0.2, -0.15) is 9.38 Å². The van der Waals surface area contributed by atoms with Crippen molar-refractivity contribution in [3.8, 4) is 0 Å². The molecule has 1 fully saturated rings. The molecule has 0 amide bonds. The van der Waals surface area contributed by atoms with Gasteiger partial charge < -0.3 is 15.0 Å². The van der Waals surface area contributed by atoms with Crippen molar-refractivity contribution in [2.75, 3.05) is 18.0 Å². The van der Waals surface area contributed by atoms with Gasteiger partial charge >= 0.3 is 5.82 Å². The lowest BCUT2D eigenvalue weighted by Crippen LogP contribution is -2.44. The van der Waals surface area contributed by atoms with Crippen LogP contribution in [0.3, 0.4) is 0 Å². The minimum Gasteiger partial charge on any atom is -0.358 e. The fourth-order valence-electron chi connectivity index (χ4n) is 3.85. The molecule has 0 bridgehead atoms. The summed E-state index contributed by atoms with van der Waals surface area (Å²) in [5, 5.41) is 13.4. The second kappa shape index (κ2) is 5.08. The third-order valence-electron chi connectivity index (χ3n) is 4.91. The molecule has 3 heterocycles. The lowest BCUT2D eigenvalue weighted by Gasteiger charge is -2.43. The molecule has 22 heavy (non-hydrogen) atoms. The van der Waals surface area contributed by atoms with Gasteiger partial charge in [0.15, 0.2) is 0 Å². The summed E-state index contributed by atoms with van der Waals surface area (Å²) in [6.07, 6.45) is 11.9. The summed E-state index contributed by atoms with van der Waals surface area (Å²) in [6.45, 7) is 1.74. The van der Waals surface area contributed by atoms with E-state index in [2.05, 4.69) is 22.0 Å². The molecule has 0 N–H and O–H groups in total. The van der Waals surface area contributed by atoms with Crippen LogP contribution in [0.5, 0.6) is 0 Å². The van der Waals surface area contributed by atoms with Crippen LogP contribution in [0.2, 0.25) is 0 Å². The molecule has 2 aromatic rings. The Hall–Kier alpha value is -1.89. The molecule has 0 radical (unpaired) electrons. The van der Waals surface area contributed by atoms with Crippen molar-refractivity contribution in [3.63, 3.8) is 0 Å². The van der Waals surface area contributed by atoms with E-state index in [-0.39, 0.29) is 16.2 Å². The van der Waals surface area contributed by atoms with Crippen LogP contribution in [-0.2, 0) is 0 Å². The quantitative estimate of drug-likeness (QED) is 0.482. The summed E-state index contributed by atoms with van der Waals surface area (Å²) in [5.41, 5.74) is 0.276. The molecule has 2 aliphatic rings. The minimum absolute atomic E-state index is 0.111. The van der Waals surface area contributed by atoms with E-state index in [1.54, 1.807) is 10.6 Å². The van der Waals surface area contributed by atoms with E-state index >= 15 is 0 Å². The van der Waals surface area contributed by atoms with E-state index in [0.717, 1.165) is 32.4 Å². The fraction of sp³-hybridized carbons (Fsp3) is 0.533. The van der Waals surface area contributed by atoms with Gasteiger partial charge in [0, 0.05) is 18.5 Å². The number of fused-ring (bicyclic) bond motifs is 1. The van der Waals surface area contributed by atoms with Crippen LogP contribution in [0.1, 0.15) is 32.1 Å². The van der Waals surface area contributed by atoms with Crippen molar-refractivity contribution in [2.45, 2.75) is 32.1 Å². The Labute approximate surface area is 132 Å². The molecule has 1 saturated heterocycles. The van der Waals surface area contributed by atoms with Crippen LogP contribution >= 0.6 is 11.3 Å². The molecule has 1 aliphatic carbocycles. The molecule has 0 unspecified atom stereocenters. The van der Waals surface area contributed by atoms with Crippen molar-refractivity contribution in [2.24, 2.45) is 5.41 Å². The van der Waals surface area contributed by atoms with Gasteiger partial charge in [0.05, 0.1) is 0 Å². The fourth-order valence-corrected chi connectivity index (χ4v) is 4.55. The van der Waals surface area contributed by atoms with Gasteiger partial charge in [0.25, 0.3) is 4.96 Å². The Balaban J connectivity index is 1.72. The van der Waals surface area contributed by atoms with Gasteiger partial charge in [-0.15, -0.1) is 0 Å². The minimum atomic E-state index is -0.301. The molecule has 2 aromatic heterocycles. The first kappa shape index (κ1) is 13.8. The highest BCUT2D eigenvalue weighted by molar-refractivity contribution is 7.15. The number of hydrogen-bond donors (Lipinski definition) is 0. The van der Waals surface area contributed by atoms with Gasteiger partial charge in [0.1, 0.15) is 6.20 Å². The Morgan fingerprint density at radius 3 is 3.05 bits per heavy atom. The zero-order chi connectivity index (χ0) is 15.2. The summed E-state index contributed by atoms with van der Waals surface area (Å²) in [6, 6.07) is 0. The highest BCUT2D eigenvalue weighted by Crippen LogP contribution is 2.43. The first-order chi connectivity index (χ1) is 10.7. The van der Waals surface area contributed by atoms with Crippen molar-refractivity contribution in [1.29, 1.82) is 0 Å². The van der Waals surface area contributed by atoms with Crippen LogP contribution in [0.25, 0.3) is 4.96 Å². The maximum Gasteiger partial charge on any atom is 0.373 e. The number of imidazole rings is 1. The maximum absolute atomic E-state index is 11.5. The third kappa shape index (κ3) is 2.11. The van der Waals surface area contributed by atoms with Gasteiger partial charge in [-0.25, -0.2) is 0 Å². The number of piperidine rings is 1. The molecule has 7 heteroatoms. The molecule has 1 atom stereocenters. The highest BCUT2D eigenvalue weighted by Gasteiger charge is 2.38. The monoisotopic (exact) mass is 318 g/mol. The molecule has 6 nitrogen and oxygen atoms in total. The largest absolute Gasteiger partial charge is 0.373 e. The van der Waals surface area contributed by atoms with Crippen molar-refractivity contribution in [3.05, 3.63) is 33.8 Å². The predicted molar refractivity (Wildman–Crippen MR) is 86.6 cm³/mol. The van der Waals surface area contributed by atoms with E-state index < -0.39 is 0 Å². The first-order valence-corrected chi connectivity index (χ1v) is 8.56. The van der Waals surface area contributed by atoms with Crippen LogP contribution in [-0.4, -0.2) is 27.4 Å². The number of hydrogen-bond acceptors (Lipinski definition) is 5. The maximum atomic E-state index is 11.5. The standard InChI is InChI=1S/C15H18N4O2S/c20-19(21)13-12(16-14-18(13)9-10-22-14)17-8-4-7-15(11-17)5-2-1-3-6-15/h1-2,9-10H,3-8,11H2/t15-/m0/s1. The van der Waals surface area contributed by atoms with Gasteiger partial charge in [0.2, 0.25) is 5.82 Å². The number of rotatable bonds is 2. The van der Waals surface area contributed by atoms with Gasteiger partial charge in [-0.05, 0) is 42.4 Å². The lowest BCUT2D eigenvalue weighted by molar-refractivity contribution is -0.389. The van der Waals surface area contributed by atoms with Crippen LogP contribution in [0.15, 0.2) is 23.7 Å². The van der Waals surface area contributed by atoms with Crippen molar-refractivity contribution in [1.82, 2.24) is 9.38 Å². The van der Waals surface area contributed by atoms with E-state index in [1.807, 2.05) is 5.38 Å². The normalized spacial score (nSPS) is 25.2. The Morgan fingerprint density at radius 2 is 2.27 bits per heavy atom. The zero-order valence-corrected chi connectivity index (χ0v) is 13.1. The number of allylic oxidation sites excluding steroid dienone is 2. The van der Waals surface area contributed by atoms with Crippen LogP contribution in [0.4, 0.5) is 11.6 Å². The number of nitrogens with zero attached hydrogens (tertiary/aromatic N) is 4. The van der Waals surface area contributed by atoms with Gasteiger partial charge in [-0.3, -0.25) is 0 Å². The number of nitro groups is 1. The summed E-state index contributed by atoms with van der Waals surface area (Å²) >= 11 is 1.44. The van der Waals surface area contributed by atoms with E-state index in [1.165, 1.54) is 24.2 Å². The Kier molecular flexibility index (Phi) is 3.18. The number of thiazole rings is 1. The lowest BCUT2D eigenvalue weighted by atomic mass is 9.71. The number of aromatic nitrogens is 2. The topological polar surface area (TPSA) is 63.7 Å². The highest BCUT2D eigenvalue weighted by atomic mass is 32.1. The summed E-state index contributed by atoms with van der Waals surface area (Å²) in [5.74, 6) is 0.658. The molecule has 116 valence electrons. The number of anilines is 1. The second-order valence-corrected chi connectivity index (χ2v) is 7.18. The van der Waals surface area contributed by atoms with Gasteiger partial charge in [-0.1, -0.05) is 23.5 Å². The van der Waals surface area contributed by atoms with Crippen molar-refractivity contribution >= 4 is 27.9 Å². The summed E-state index contributed by atoms with van der Waals surface area (Å²) in [4.78, 5) is 18.6. The average molecular weight is 318 g/mol. The van der Waals surface area contributed by atoms with E-state index in [9.17, 15) is 10.1 Å². The Morgan fingerprint density at radius 1 is 1.36 bits per heavy atom. The molecule has 0 aromatic carbocycles. The van der Waals surface area contributed by atoms with E-state index in [4.69, 9.17) is 0 Å². The van der Waals surface area contributed by atoms with Crippen LogP contribution < -0.4 is 4.90 Å².